The van der Waals surface area contributed by atoms with Gasteiger partial charge in [-0.1, -0.05) is 67.4 Å². The van der Waals surface area contributed by atoms with Gasteiger partial charge in [0.25, 0.3) is 0 Å². The molecule has 178 valence electrons. The van der Waals surface area contributed by atoms with Crippen LogP contribution in [0.5, 0.6) is 0 Å². The van der Waals surface area contributed by atoms with Gasteiger partial charge in [0.15, 0.2) is 0 Å². The van der Waals surface area contributed by atoms with E-state index in [4.69, 9.17) is 4.74 Å². The number of hydrogen-bond donors (Lipinski definition) is 2. The molecule has 2 aromatic carbocycles. The smallest absolute Gasteiger partial charge is 0.224 e. The Hall–Kier alpha value is -2.70. The predicted molar refractivity (Wildman–Crippen MR) is 129 cm³/mol. The number of benzene rings is 2. The zero-order valence-electron chi connectivity index (χ0n) is 19.7. The van der Waals surface area contributed by atoms with E-state index in [1.807, 2.05) is 30.3 Å². The van der Waals surface area contributed by atoms with E-state index in [1.54, 1.807) is 18.9 Å². The van der Waals surface area contributed by atoms with Crippen LogP contribution in [0.25, 0.3) is 0 Å². The van der Waals surface area contributed by atoms with E-state index in [9.17, 15) is 14.7 Å². The van der Waals surface area contributed by atoms with E-state index in [2.05, 4.69) is 29.6 Å². The minimum atomic E-state index is -0.395. The first-order valence-electron chi connectivity index (χ1n) is 11.8. The van der Waals surface area contributed by atoms with Crippen LogP contribution in [0.3, 0.4) is 0 Å². The number of amides is 2. The molecule has 2 amide bonds. The molecule has 3 rings (SSSR count). The van der Waals surface area contributed by atoms with Crippen molar-refractivity contribution < 1.29 is 19.4 Å². The minimum absolute atomic E-state index is 0.00833. The molecule has 0 saturated heterocycles. The van der Waals surface area contributed by atoms with Gasteiger partial charge in [-0.05, 0) is 35.4 Å². The Morgan fingerprint density at radius 3 is 2.42 bits per heavy atom. The van der Waals surface area contributed by atoms with Gasteiger partial charge in [0.1, 0.15) is 0 Å². The Labute approximate surface area is 196 Å². The molecular weight excluding hydrogens is 416 g/mol. The molecule has 2 aromatic rings. The lowest BCUT2D eigenvalue weighted by Crippen LogP contribution is -2.39. The van der Waals surface area contributed by atoms with Crippen LogP contribution in [0.15, 0.2) is 54.6 Å². The van der Waals surface area contributed by atoms with Crippen molar-refractivity contribution in [2.75, 3.05) is 26.9 Å². The second kappa shape index (κ2) is 12.5. The maximum atomic E-state index is 13.2. The Morgan fingerprint density at radius 2 is 1.79 bits per heavy atom. The molecule has 1 saturated carbocycles. The Balaban J connectivity index is 1.69. The summed E-state index contributed by atoms with van der Waals surface area (Å²) in [5, 5.41) is 12.9. The van der Waals surface area contributed by atoms with Crippen molar-refractivity contribution in [1.29, 1.82) is 0 Å². The van der Waals surface area contributed by atoms with Gasteiger partial charge >= 0.3 is 0 Å². The highest BCUT2D eigenvalue weighted by atomic mass is 16.5. The highest BCUT2D eigenvalue weighted by molar-refractivity contribution is 5.80. The molecule has 0 radical (unpaired) electrons. The summed E-state index contributed by atoms with van der Waals surface area (Å²) in [4.78, 5) is 26.9. The van der Waals surface area contributed by atoms with Gasteiger partial charge in [-0.3, -0.25) is 9.59 Å². The van der Waals surface area contributed by atoms with Crippen LogP contribution in [-0.4, -0.2) is 48.7 Å². The van der Waals surface area contributed by atoms with Gasteiger partial charge in [-0.2, -0.15) is 0 Å². The summed E-state index contributed by atoms with van der Waals surface area (Å²) >= 11 is 0. The quantitative estimate of drug-likeness (QED) is 0.575. The van der Waals surface area contributed by atoms with Gasteiger partial charge in [0.05, 0.1) is 19.3 Å². The summed E-state index contributed by atoms with van der Waals surface area (Å²) in [6.45, 7) is 3.06. The lowest BCUT2D eigenvalue weighted by atomic mass is 9.74. The normalized spacial score (nSPS) is 19.0. The fourth-order valence-electron chi connectivity index (χ4n) is 4.68. The largest absolute Gasteiger partial charge is 0.394 e. The number of aliphatic hydroxyl groups excluding tert-OH is 1. The van der Waals surface area contributed by atoms with E-state index >= 15 is 0 Å². The van der Waals surface area contributed by atoms with E-state index in [0.29, 0.717) is 19.7 Å². The molecule has 2 unspecified atom stereocenters. The third-order valence-corrected chi connectivity index (χ3v) is 6.60. The maximum absolute atomic E-state index is 13.2. The average molecular weight is 453 g/mol. The number of rotatable bonds is 10. The third kappa shape index (κ3) is 6.89. The molecule has 1 aliphatic carbocycles. The summed E-state index contributed by atoms with van der Waals surface area (Å²) in [5.74, 6) is 0.0732. The molecule has 3 atom stereocenters. The van der Waals surface area contributed by atoms with Gasteiger partial charge in [0.2, 0.25) is 11.8 Å². The molecule has 0 bridgehead atoms. The summed E-state index contributed by atoms with van der Waals surface area (Å²) in [6, 6.07) is 17.5. The van der Waals surface area contributed by atoms with Crippen molar-refractivity contribution in [3.63, 3.8) is 0 Å². The topological polar surface area (TPSA) is 78.9 Å². The molecule has 1 aliphatic rings. The first-order valence-corrected chi connectivity index (χ1v) is 11.8. The van der Waals surface area contributed by atoms with Crippen molar-refractivity contribution in [3.05, 3.63) is 71.3 Å². The first-order chi connectivity index (χ1) is 16.0. The molecule has 0 spiro atoms. The summed E-state index contributed by atoms with van der Waals surface area (Å²) in [5.41, 5.74) is 3.13. The number of carbonyl (C=O) groups excluding carboxylic acids is 2. The number of hydrogen-bond acceptors (Lipinski definition) is 4. The monoisotopic (exact) mass is 452 g/mol. The predicted octanol–water partition coefficient (Wildman–Crippen LogP) is 3.81. The number of nitrogens with zero attached hydrogens (tertiary/aromatic N) is 1. The minimum Gasteiger partial charge on any atom is -0.394 e. The van der Waals surface area contributed by atoms with Crippen molar-refractivity contribution in [2.24, 2.45) is 5.92 Å². The van der Waals surface area contributed by atoms with Crippen LogP contribution in [0.1, 0.15) is 61.3 Å². The molecular formula is C27H36N2O4. The zero-order chi connectivity index (χ0) is 23.6. The maximum Gasteiger partial charge on any atom is 0.224 e. The number of ether oxygens (including phenoxy) is 1. The lowest BCUT2D eigenvalue weighted by molar-refractivity contribution is -0.130. The average Bonchev–Trinajstić information content (AvgIpc) is 2.85. The molecule has 6 heteroatoms. The second-order valence-corrected chi connectivity index (χ2v) is 8.83. The van der Waals surface area contributed by atoms with Crippen LogP contribution in [0, 0.1) is 5.92 Å². The van der Waals surface area contributed by atoms with Crippen LogP contribution in [0.2, 0.25) is 0 Å². The standard InChI is InChI=1S/C27H36N2O4/c1-20(31)29(16-17-33-2)18-21-12-14-22(15-13-21)24-10-6-7-11-25(24)27(32)28-26(19-30)23-8-4-3-5-9-23/h3-5,8-9,12-15,24-26,30H,6-7,10-11,16-19H2,1-2H3,(H,28,32)/t24?,25-,26?/m1/s1. The molecule has 1 fully saturated rings. The molecule has 0 aromatic heterocycles. The fourth-order valence-corrected chi connectivity index (χ4v) is 4.68. The number of methoxy groups -OCH3 is 1. The van der Waals surface area contributed by atoms with E-state index < -0.39 is 6.04 Å². The van der Waals surface area contributed by atoms with Gasteiger partial charge < -0.3 is 20.1 Å². The van der Waals surface area contributed by atoms with E-state index in [1.165, 1.54) is 0 Å². The Kier molecular flexibility index (Phi) is 9.46. The number of nitrogens with one attached hydrogen (secondary N) is 1. The highest BCUT2D eigenvalue weighted by Gasteiger charge is 2.33. The Morgan fingerprint density at radius 1 is 1.09 bits per heavy atom. The molecule has 6 nitrogen and oxygen atoms in total. The highest BCUT2D eigenvalue weighted by Crippen LogP contribution is 2.38. The summed E-state index contributed by atoms with van der Waals surface area (Å²) in [6.07, 6.45) is 3.96. The summed E-state index contributed by atoms with van der Waals surface area (Å²) < 4.78 is 5.11. The van der Waals surface area contributed by atoms with Crippen molar-refractivity contribution in [3.8, 4) is 0 Å². The van der Waals surface area contributed by atoms with Crippen molar-refractivity contribution >= 4 is 11.8 Å². The first kappa shape index (κ1) is 24.9. The SMILES string of the molecule is COCCN(Cc1ccc(C2CCCC[C@H]2C(=O)NC(CO)c2ccccc2)cc1)C(C)=O. The lowest BCUT2D eigenvalue weighted by Gasteiger charge is -2.32. The third-order valence-electron chi connectivity index (χ3n) is 6.60. The zero-order valence-corrected chi connectivity index (χ0v) is 19.7. The summed E-state index contributed by atoms with van der Waals surface area (Å²) in [7, 11) is 1.63. The van der Waals surface area contributed by atoms with Gasteiger partial charge in [-0.15, -0.1) is 0 Å². The van der Waals surface area contributed by atoms with Crippen molar-refractivity contribution in [1.82, 2.24) is 10.2 Å². The molecule has 2 N–H and O–H groups in total. The van der Waals surface area contributed by atoms with Crippen LogP contribution in [-0.2, 0) is 20.9 Å². The van der Waals surface area contributed by atoms with E-state index in [0.717, 1.165) is 42.4 Å². The van der Waals surface area contributed by atoms with Crippen LogP contribution < -0.4 is 5.32 Å². The van der Waals surface area contributed by atoms with Crippen LogP contribution in [0.4, 0.5) is 0 Å². The molecule has 33 heavy (non-hydrogen) atoms. The number of carbonyl (C=O) groups is 2. The van der Waals surface area contributed by atoms with Crippen molar-refractivity contribution in [2.45, 2.75) is 51.1 Å². The van der Waals surface area contributed by atoms with Crippen LogP contribution >= 0.6 is 0 Å². The molecule has 0 aliphatic heterocycles. The van der Waals surface area contributed by atoms with Gasteiger partial charge in [0, 0.05) is 33.0 Å². The van der Waals surface area contributed by atoms with E-state index in [-0.39, 0.29) is 30.3 Å². The van der Waals surface area contributed by atoms with Gasteiger partial charge in [-0.25, -0.2) is 0 Å². The fraction of sp³-hybridized carbons (Fsp3) is 0.481. The number of aliphatic hydroxyl groups is 1. The Bertz CT molecular complexity index is 885. The second-order valence-electron chi connectivity index (χ2n) is 8.83. The molecule has 0 heterocycles.